The summed E-state index contributed by atoms with van der Waals surface area (Å²) in [7, 11) is 1.89. The number of hydrogen-bond acceptors (Lipinski definition) is 3. The van der Waals surface area contributed by atoms with Crippen LogP contribution in [0, 0.1) is 0 Å². The summed E-state index contributed by atoms with van der Waals surface area (Å²) in [6.45, 7) is 1.73. The molecule has 2 fully saturated rings. The van der Waals surface area contributed by atoms with Gasteiger partial charge in [0.1, 0.15) is 0 Å². The molecule has 0 saturated carbocycles. The minimum Gasteiger partial charge on any atom is -0.334 e. The van der Waals surface area contributed by atoms with Crippen LogP contribution in [-0.2, 0) is 16.6 Å². The first kappa shape index (κ1) is 15.1. The summed E-state index contributed by atoms with van der Waals surface area (Å²) in [4.78, 5) is 28.4. The van der Waals surface area contributed by atoms with E-state index in [1.54, 1.807) is 9.58 Å². The number of nitrogens with zero attached hydrogens (tertiary/aromatic N) is 4. The second-order valence-electron chi connectivity index (χ2n) is 6.32. The fourth-order valence-corrected chi connectivity index (χ4v) is 3.48. The zero-order chi connectivity index (χ0) is 15.5. The summed E-state index contributed by atoms with van der Waals surface area (Å²) in [5, 5.41) is 4.21. The van der Waals surface area contributed by atoms with Gasteiger partial charge in [0, 0.05) is 38.3 Å². The fourth-order valence-electron chi connectivity index (χ4n) is 3.48. The van der Waals surface area contributed by atoms with E-state index < -0.39 is 0 Å². The first-order valence-corrected chi connectivity index (χ1v) is 8.21. The van der Waals surface area contributed by atoms with Gasteiger partial charge in [0.05, 0.1) is 18.8 Å². The molecule has 22 heavy (non-hydrogen) atoms. The molecule has 0 N–H and O–H groups in total. The van der Waals surface area contributed by atoms with Crippen molar-refractivity contribution in [3.63, 3.8) is 0 Å². The maximum absolute atomic E-state index is 12.7. The molecule has 0 aliphatic carbocycles. The Hall–Kier alpha value is -1.85. The van der Waals surface area contributed by atoms with Crippen molar-refractivity contribution >= 4 is 11.8 Å². The lowest BCUT2D eigenvalue weighted by atomic mass is 10.1. The molecule has 6 heteroatoms. The lowest BCUT2D eigenvalue weighted by Gasteiger charge is -2.27. The molecule has 2 aliphatic rings. The molecular formula is C16H24N4O2. The summed E-state index contributed by atoms with van der Waals surface area (Å²) < 4.78 is 1.77. The van der Waals surface area contributed by atoms with Crippen LogP contribution in [-0.4, -0.2) is 51.0 Å². The Morgan fingerprint density at radius 2 is 2.14 bits per heavy atom. The second-order valence-corrected chi connectivity index (χ2v) is 6.32. The van der Waals surface area contributed by atoms with Crippen molar-refractivity contribution in [3.05, 3.63) is 18.0 Å². The highest BCUT2D eigenvalue weighted by atomic mass is 16.2. The SMILES string of the molecule is Cn1cc(C2CCCN2C(=O)CN2CCCCCC2=O)cn1. The van der Waals surface area contributed by atoms with Crippen molar-refractivity contribution in [3.8, 4) is 0 Å². The van der Waals surface area contributed by atoms with Crippen LogP contribution in [0.1, 0.15) is 50.1 Å². The lowest BCUT2D eigenvalue weighted by Crippen LogP contribution is -2.42. The predicted molar refractivity (Wildman–Crippen MR) is 81.9 cm³/mol. The van der Waals surface area contributed by atoms with E-state index in [4.69, 9.17) is 0 Å². The van der Waals surface area contributed by atoms with Crippen LogP contribution < -0.4 is 0 Å². The molecule has 1 unspecified atom stereocenters. The molecule has 2 amide bonds. The van der Waals surface area contributed by atoms with Gasteiger partial charge in [-0.25, -0.2) is 0 Å². The van der Waals surface area contributed by atoms with Crippen molar-refractivity contribution in [2.75, 3.05) is 19.6 Å². The van der Waals surface area contributed by atoms with Crippen LogP contribution in [0.5, 0.6) is 0 Å². The Morgan fingerprint density at radius 1 is 1.27 bits per heavy atom. The van der Waals surface area contributed by atoms with Gasteiger partial charge < -0.3 is 9.80 Å². The molecule has 0 spiro atoms. The minimum atomic E-state index is 0.0709. The van der Waals surface area contributed by atoms with Gasteiger partial charge in [0.25, 0.3) is 0 Å². The molecule has 6 nitrogen and oxygen atoms in total. The fraction of sp³-hybridized carbons (Fsp3) is 0.688. The van der Waals surface area contributed by atoms with Crippen molar-refractivity contribution in [2.45, 2.75) is 44.6 Å². The summed E-state index contributed by atoms with van der Waals surface area (Å²) in [5.74, 6) is 0.199. The standard InChI is InChI=1S/C16H24N4O2/c1-18-11-13(10-17-18)14-6-5-9-20(14)16(22)12-19-8-4-2-3-7-15(19)21/h10-11,14H,2-9,12H2,1H3. The molecule has 1 atom stereocenters. The summed E-state index contributed by atoms with van der Waals surface area (Å²) in [5.41, 5.74) is 1.09. The molecule has 1 aromatic heterocycles. The van der Waals surface area contributed by atoms with Crippen LogP contribution in [0.2, 0.25) is 0 Å². The van der Waals surface area contributed by atoms with Crippen molar-refractivity contribution in [1.29, 1.82) is 0 Å². The summed E-state index contributed by atoms with van der Waals surface area (Å²) in [6, 6.07) is 0.114. The normalized spacial score (nSPS) is 23.0. The van der Waals surface area contributed by atoms with Crippen molar-refractivity contribution < 1.29 is 9.59 Å². The van der Waals surface area contributed by atoms with E-state index >= 15 is 0 Å². The second kappa shape index (κ2) is 6.50. The third kappa shape index (κ3) is 3.15. The van der Waals surface area contributed by atoms with Crippen LogP contribution in [0.15, 0.2) is 12.4 Å². The topological polar surface area (TPSA) is 58.4 Å². The number of amides is 2. The molecular weight excluding hydrogens is 280 g/mol. The van der Waals surface area contributed by atoms with E-state index in [-0.39, 0.29) is 24.4 Å². The molecule has 3 heterocycles. The van der Waals surface area contributed by atoms with E-state index in [2.05, 4.69) is 5.10 Å². The Morgan fingerprint density at radius 3 is 2.91 bits per heavy atom. The third-order valence-corrected chi connectivity index (χ3v) is 4.68. The van der Waals surface area contributed by atoms with Crippen LogP contribution in [0.3, 0.4) is 0 Å². The number of hydrogen-bond donors (Lipinski definition) is 0. The van der Waals surface area contributed by atoms with Gasteiger partial charge in [0.2, 0.25) is 11.8 Å². The highest BCUT2D eigenvalue weighted by molar-refractivity contribution is 5.85. The average molecular weight is 304 g/mol. The molecule has 0 radical (unpaired) electrons. The minimum absolute atomic E-state index is 0.0709. The maximum Gasteiger partial charge on any atom is 0.242 e. The van der Waals surface area contributed by atoms with Gasteiger partial charge in [-0.3, -0.25) is 14.3 Å². The number of carbonyl (C=O) groups excluding carboxylic acids is 2. The van der Waals surface area contributed by atoms with E-state index in [0.29, 0.717) is 6.42 Å². The summed E-state index contributed by atoms with van der Waals surface area (Å²) in [6.07, 6.45) is 9.43. The number of carbonyl (C=O) groups is 2. The van der Waals surface area contributed by atoms with Crippen LogP contribution in [0.25, 0.3) is 0 Å². The van der Waals surface area contributed by atoms with Gasteiger partial charge >= 0.3 is 0 Å². The molecule has 2 saturated heterocycles. The third-order valence-electron chi connectivity index (χ3n) is 4.68. The first-order valence-electron chi connectivity index (χ1n) is 8.21. The van der Waals surface area contributed by atoms with Crippen molar-refractivity contribution in [1.82, 2.24) is 19.6 Å². The maximum atomic E-state index is 12.7. The van der Waals surface area contributed by atoms with Crippen molar-refractivity contribution in [2.24, 2.45) is 7.05 Å². The molecule has 2 aliphatic heterocycles. The monoisotopic (exact) mass is 304 g/mol. The van der Waals surface area contributed by atoms with Gasteiger partial charge in [0.15, 0.2) is 0 Å². The average Bonchev–Trinajstić information content (AvgIpc) is 3.09. The quantitative estimate of drug-likeness (QED) is 0.850. The van der Waals surface area contributed by atoms with Gasteiger partial charge in [-0.1, -0.05) is 6.42 Å². The molecule has 0 bridgehead atoms. The highest BCUT2D eigenvalue weighted by Gasteiger charge is 2.32. The zero-order valence-electron chi connectivity index (χ0n) is 13.2. The Bertz CT molecular complexity index is 554. The lowest BCUT2D eigenvalue weighted by molar-refractivity contribution is -0.140. The molecule has 120 valence electrons. The van der Waals surface area contributed by atoms with Crippen LogP contribution in [0.4, 0.5) is 0 Å². The number of aromatic nitrogens is 2. The summed E-state index contributed by atoms with van der Waals surface area (Å²) >= 11 is 0. The van der Waals surface area contributed by atoms with Crippen LogP contribution >= 0.6 is 0 Å². The van der Waals surface area contributed by atoms with E-state index in [1.807, 2.05) is 24.3 Å². The Kier molecular flexibility index (Phi) is 4.45. The van der Waals surface area contributed by atoms with Gasteiger partial charge in [-0.05, 0) is 25.7 Å². The smallest absolute Gasteiger partial charge is 0.242 e. The van der Waals surface area contributed by atoms with E-state index in [9.17, 15) is 9.59 Å². The van der Waals surface area contributed by atoms with E-state index in [0.717, 1.165) is 50.8 Å². The largest absolute Gasteiger partial charge is 0.334 e. The first-order chi connectivity index (χ1) is 10.6. The molecule has 0 aromatic carbocycles. The molecule has 1 aromatic rings. The molecule has 3 rings (SSSR count). The Labute approximate surface area is 131 Å². The number of rotatable bonds is 3. The number of likely N-dealkylation sites (tertiary alicyclic amines) is 2. The van der Waals surface area contributed by atoms with Gasteiger partial charge in [-0.2, -0.15) is 5.10 Å². The van der Waals surface area contributed by atoms with Gasteiger partial charge in [-0.15, -0.1) is 0 Å². The highest BCUT2D eigenvalue weighted by Crippen LogP contribution is 2.31. The number of aryl methyl sites for hydroxylation is 1. The zero-order valence-corrected chi connectivity index (χ0v) is 13.2. The van der Waals surface area contributed by atoms with E-state index in [1.165, 1.54) is 0 Å². The predicted octanol–water partition coefficient (Wildman–Crippen LogP) is 1.49. The Balaban J connectivity index is 1.66.